The van der Waals surface area contributed by atoms with Crippen molar-refractivity contribution in [3.8, 4) is 11.5 Å². The molecule has 6 nitrogen and oxygen atoms in total. The molecule has 0 bridgehead atoms. The lowest BCUT2D eigenvalue weighted by atomic mass is 10.0. The van der Waals surface area contributed by atoms with E-state index in [1.165, 1.54) is 0 Å². The van der Waals surface area contributed by atoms with Crippen LogP contribution in [0.5, 0.6) is 11.5 Å². The summed E-state index contributed by atoms with van der Waals surface area (Å²) in [5.41, 5.74) is 3.04. The zero-order chi connectivity index (χ0) is 21.6. The maximum absolute atomic E-state index is 13.0. The Morgan fingerprint density at radius 3 is 2.61 bits per heavy atom. The summed E-state index contributed by atoms with van der Waals surface area (Å²) in [6.45, 7) is 3.33. The lowest BCUT2D eigenvalue weighted by Gasteiger charge is -2.20. The number of ether oxygens (including phenoxy) is 2. The quantitative estimate of drug-likeness (QED) is 0.717. The van der Waals surface area contributed by atoms with Crippen LogP contribution in [0.15, 0.2) is 42.5 Å². The molecule has 164 valence electrons. The first kappa shape index (κ1) is 21.2. The molecule has 0 spiro atoms. The number of likely N-dealkylation sites (tertiary alicyclic amines) is 1. The minimum Gasteiger partial charge on any atom is -0.497 e. The highest BCUT2D eigenvalue weighted by molar-refractivity contribution is 5.79. The van der Waals surface area contributed by atoms with E-state index in [0.717, 1.165) is 54.1 Å². The standard InChI is InChI=1S/C25H30N2O4/c1-30-22-6-4-5-20(16-22)17-25(29)27-13-14-31-23-9-7-19(15-21(23)18-27)8-10-24(28)26-11-2-3-12-26/h4-7,9,15-16H,2-3,8,10-14,17-18H2,1H3. The van der Waals surface area contributed by atoms with E-state index in [-0.39, 0.29) is 11.8 Å². The largest absolute Gasteiger partial charge is 0.497 e. The predicted octanol–water partition coefficient (Wildman–Crippen LogP) is 3.21. The molecule has 0 N–H and O–H groups in total. The molecule has 0 atom stereocenters. The summed E-state index contributed by atoms with van der Waals surface area (Å²) >= 11 is 0. The van der Waals surface area contributed by atoms with Gasteiger partial charge in [-0.05, 0) is 48.6 Å². The molecule has 2 aromatic rings. The van der Waals surface area contributed by atoms with Crippen LogP contribution < -0.4 is 9.47 Å². The zero-order valence-electron chi connectivity index (χ0n) is 18.1. The van der Waals surface area contributed by atoms with E-state index in [0.29, 0.717) is 39.0 Å². The number of methoxy groups -OCH3 is 1. The molecular weight excluding hydrogens is 392 g/mol. The summed E-state index contributed by atoms with van der Waals surface area (Å²) < 4.78 is 11.2. The van der Waals surface area contributed by atoms with Crippen LogP contribution in [0, 0.1) is 0 Å². The number of fused-ring (bicyclic) bond motifs is 1. The molecule has 0 radical (unpaired) electrons. The molecule has 2 heterocycles. The van der Waals surface area contributed by atoms with Gasteiger partial charge in [-0.15, -0.1) is 0 Å². The van der Waals surface area contributed by atoms with Crippen molar-refractivity contribution in [1.29, 1.82) is 0 Å². The lowest BCUT2D eigenvalue weighted by molar-refractivity contribution is -0.131. The van der Waals surface area contributed by atoms with Gasteiger partial charge in [0, 0.05) is 31.6 Å². The highest BCUT2D eigenvalue weighted by Gasteiger charge is 2.21. The molecule has 31 heavy (non-hydrogen) atoms. The van der Waals surface area contributed by atoms with Gasteiger partial charge >= 0.3 is 0 Å². The molecule has 6 heteroatoms. The Bertz CT molecular complexity index is 937. The van der Waals surface area contributed by atoms with Crippen LogP contribution in [0.1, 0.15) is 36.0 Å². The van der Waals surface area contributed by atoms with Crippen molar-refractivity contribution in [2.75, 3.05) is 33.4 Å². The van der Waals surface area contributed by atoms with Crippen LogP contribution in [-0.2, 0) is 29.0 Å². The summed E-state index contributed by atoms with van der Waals surface area (Å²) in [5.74, 6) is 1.88. The first-order valence-corrected chi connectivity index (χ1v) is 11.1. The van der Waals surface area contributed by atoms with Crippen molar-refractivity contribution in [3.63, 3.8) is 0 Å². The fraction of sp³-hybridized carbons (Fsp3) is 0.440. The number of aryl methyl sites for hydroxylation is 1. The molecule has 4 rings (SSSR count). The first-order chi connectivity index (χ1) is 15.1. The number of benzene rings is 2. The number of carbonyl (C=O) groups is 2. The minimum absolute atomic E-state index is 0.0688. The molecule has 2 aromatic carbocycles. The van der Waals surface area contributed by atoms with Crippen LogP contribution in [0.3, 0.4) is 0 Å². The van der Waals surface area contributed by atoms with Gasteiger partial charge < -0.3 is 19.3 Å². The summed E-state index contributed by atoms with van der Waals surface area (Å²) in [7, 11) is 1.63. The van der Waals surface area contributed by atoms with Gasteiger partial charge in [-0.3, -0.25) is 9.59 Å². The third-order valence-corrected chi connectivity index (χ3v) is 6.03. The van der Waals surface area contributed by atoms with Crippen molar-refractivity contribution < 1.29 is 19.1 Å². The molecule has 2 aliphatic heterocycles. The second kappa shape index (κ2) is 9.86. The third-order valence-electron chi connectivity index (χ3n) is 6.03. The monoisotopic (exact) mass is 422 g/mol. The fourth-order valence-electron chi connectivity index (χ4n) is 4.26. The van der Waals surface area contributed by atoms with Crippen molar-refractivity contribution in [3.05, 3.63) is 59.2 Å². The SMILES string of the molecule is COc1cccc(CC(=O)N2CCOc3ccc(CCC(=O)N4CCCC4)cc3C2)c1. The fourth-order valence-corrected chi connectivity index (χ4v) is 4.26. The van der Waals surface area contributed by atoms with Gasteiger partial charge in [0.05, 0.1) is 20.1 Å². The number of hydrogen-bond acceptors (Lipinski definition) is 4. The van der Waals surface area contributed by atoms with Crippen LogP contribution in [-0.4, -0.2) is 55.0 Å². The molecule has 1 fully saturated rings. The van der Waals surface area contributed by atoms with Crippen LogP contribution in [0.25, 0.3) is 0 Å². The zero-order valence-corrected chi connectivity index (χ0v) is 18.1. The average Bonchev–Trinajstić information content (AvgIpc) is 3.24. The van der Waals surface area contributed by atoms with Gasteiger partial charge in [-0.25, -0.2) is 0 Å². The number of rotatable bonds is 6. The van der Waals surface area contributed by atoms with E-state index < -0.39 is 0 Å². The number of hydrogen-bond donors (Lipinski definition) is 0. The third kappa shape index (κ3) is 5.37. The molecule has 2 aliphatic rings. The van der Waals surface area contributed by atoms with E-state index >= 15 is 0 Å². The Morgan fingerprint density at radius 2 is 1.81 bits per heavy atom. The molecule has 0 aromatic heterocycles. The van der Waals surface area contributed by atoms with Crippen LogP contribution in [0.2, 0.25) is 0 Å². The van der Waals surface area contributed by atoms with Crippen LogP contribution >= 0.6 is 0 Å². The molecule has 2 amide bonds. The van der Waals surface area contributed by atoms with E-state index in [1.807, 2.05) is 46.2 Å². The Hall–Kier alpha value is -3.02. The van der Waals surface area contributed by atoms with Crippen LogP contribution in [0.4, 0.5) is 0 Å². The number of amides is 2. The van der Waals surface area contributed by atoms with E-state index in [4.69, 9.17) is 9.47 Å². The smallest absolute Gasteiger partial charge is 0.227 e. The van der Waals surface area contributed by atoms with E-state index in [1.54, 1.807) is 7.11 Å². The van der Waals surface area contributed by atoms with Crippen molar-refractivity contribution in [2.45, 2.75) is 38.6 Å². The van der Waals surface area contributed by atoms with E-state index in [2.05, 4.69) is 6.07 Å². The maximum Gasteiger partial charge on any atom is 0.227 e. The van der Waals surface area contributed by atoms with Gasteiger partial charge in [-0.2, -0.15) is 0 Å². The highest BCUT2D eigenvalue weighted by Crippen LogP contribution is 2.26. The van der Waals surface area contributed by atoms with Crippen molar-refractivity contribution >= 4 is 11.8 Å². The summed E-state index contributed by atoms with van der Waals surface area (Å²) in [6, 6.07) is 13.7. The van der Waals surface area contributed by atoms with Gasteiger partial charge in [0.15, 0.2) is 0 Å². The summed E-state index contributed by atoms with van der Waals surface area (Å²) in [4.78, 5) is 29.1. The Labute approximate surface area is 183 Å². The predicted molar refractivity (Wildman–Crippen MR) is 118 cm³/mol. The highest BCUT2D eigenvalue weighted by atomic mass is 16.5. The Balaban J connectivity index is 1.40. The van der Waals surface area contributed by atoms with Crippen molar-refractivity contribution in [2.24, 2.45) is 0 Å². The van der Waals surface area contributed by atoms with Crippen molar-refractivity contribution in [1.82, 2.24) is 9.80 Å². The topological polar surface area (TPSA) is 59.1 Å². The minimum atomic E-state index is 0.0688. The lowest BCUT2D eigenvalue weighted by Crippen LogP contribution is -2.33. The molecule has 1 saturated heterocycles. The van der Waals surface area contributed by atoms with Gasteiger partial charge in [0.1, 0.15) is 18.1 Å². The van der Waals surface area contributed by atoms with Gasteiger partial charge in [-0.1, -0.05) is 24.3 Å². The Morgan fingerprint density at radius 1 is 0.968 bits per heavy atom. The summed E-state index contributed by atoms with van der Waals surface area (Å²) in [6.07, 6.45) is 3.79. The number of nitrogens with zero attached hydrogens (tertiary/aromatic N) is 2. The molecule has 0 unspecified atom stereocenters. The average molecular weight is 423 g/mol. The van der Waals surface area contributed by atoms with Gasteiger partial charge in [0.2, 0.25) is 11.8 Å². The summed E-state index contributed by atoms with van der Waals surface area (Å²) in [5, 5.41) is 0. The second-order valence-corrected chi connectivity index (χ2v) is 8.22. The normalized spacial score (nSPS) is 15.8. The maximum atomic E-state index is 13.0. The first-order valence-electron chi connectivity index (χ1n) is 11.1. The number of carbonyl (C=O) groups excluding carboxylic acids is 2. The second-order valence-electron chi connectivity index (χ2n) is 8.22. The molecule has 0 saturated carbocycles. The molecular formula is C25H30N2O4. The van der Waals surface area contributed by atoms with Gasteiger partial charge in [0.25, 0.3) is 0 Å². The molecule has 0 aliphatic carbocycles. The Kier molecular flexibility index (Phi) is 6.75. The van der Waals surface area contributed by atoms with E-state index in [9.17, 15) is 9.59 Å².